The van der Waals surface area contributed by atoms with Crippen molar-refractivity contribution < 1.29 is 24.6 Å². The van der Waals surface area contributed by atoms with Gasteiger partial charge in [0.2, 0.25) is 0 Å². The van der Waals surface area contributed by atoms with Crippen LogP contribution < -0.4 is 0 Å². The number of hydrogen-bond donors (Lipinski definition) is 3. The van der Waals surface area contributed by atoms with Gasteiger partial charge in [-0.25, -0.2) is 14.9 Å². The van der Waals surface area contributed by atoms with E-state index in [9.17, 15) is 19.8 Å². The number of aromatic amines is 1. The number of piperidine rings is 1. The van der Waals surface area contributed by atoms with Gasteiger partial charge in [0.05, 0.1) is 35.7 Å². The summed E-state index contributed by atoms with van der Waals surface area (Å²) in [6, 6.07) is 21.0. The summed E-state index contributed by atoms with van der Waals surface area (Å²) < 4.78 is 0. The van der Waals surface area contributed by atoms with E-state index in [1.54, 1.807) is 30.3 Å². The van der Waals surface area contributed by atoms with Crippen LogP contribution in [0.3, 0.4) is 0 Å². The number of carbonyl (C=O) groups is 2. The molecule has 9 heteroatoms. The third-order valence-electron chi connectivity index (χ3n) is 7.08. The molecule has 0 aliphatic carbocycles. The van der Waals surface area contributed by atoms with Crippen LogP contribution in [-0.2, 0) is 4.84 Å². The van der Waals surface area contributed by atoms with E-state index in [1.165, 1.54) is 24.3 Å². The van der Waals surface area contributed by atoms with Gasteiger partial charge in [0.1, 0.15) is 0 Å². The number of aromatic hydroxyl groups is 1. The number of fused-ring (bicyclic) bond motifs is 1. The number of carboxylic acids is 1. The molecule has 0 atom stereocenters. The monoisotopic (exact) mass is 526 g/mol. The molecule has 39 heavy (non-hydrogen) atoms. The smallest absolute Gasteiger partial charge is 0.335 e. The predicted molar refractivity (Wildman–Crippen MR) is 149 cm³/mol. The van der Waals surface area contributed by atoms with Crippen LogP contribution in [0.2, 0.25) is 0 Å². The first kappa shape index (κ1) is 26.1. The number of aromatic carboxylic acids is 1. The van der Waals surface area contributed by atoms with Crippen molar-refractivity contribution >= 4 is 34.2 Å². The molecule has 1 fully saturated rings. The topological polar surface area (TPSA) is 118 Å². The third kappa shape index (κ3) is 5.41. The van der Waals surface area contributed by atoms with Crippen LogP contribution in [0.5, 0.6) is 5.88 Å². The zero-order chi connectivity index (χ0) is 27.5. The summed E-state index contributed by atoms with van der Waals surface area (Å²) in [5.41, 5.74) is 3.41. The van der Waals surface area contributed by atoms with Crippen molar-refractivity contribution in [3.8, 4) is 5.88 Å². The Balaban J connectivity index is 1.50. The van der Waals surface area contributed by atoms with E-state index in [4.69, 9.17) is 9.83 Å². The molecular weight excluding hydrogens is 496 g/mol. The fourth-order valence-electron chi connectivity index (χ4n) is 4.98. The minimum Gasteiger partial charge on any atom is -0.494 e. The molecule has 5 rings (SSSR count). The average molecular weight is 527 g/mol. The van der Waals surface area contributed by atoms with Crippen molar-refractivity contribution in [1.82, 2.24) is 14.9 Å². The van der Waals surface area contributed by atoms with Crippen LogP contribution in [0.25, 0.3) is 10.9 Å². The Morgan fingerprint density at radius 3 is 2.28 bits per heavy atom. The molecule has 3 aromatic carbocycles. The molecule has 1 amide bonds. The predicted octanol–water partition coefficient (Wildman–Crippen LogP) is 4.84. The fraction of sp³-hybridized carbons (Fsp3) is 0.233. The van der Waals surface area contributed by atoms with Crippen molar-refractivity contribution in [2.45, 2.75) is 18.9 Å². The number of nitrogens with one attached hydrogen (secondary N) is 1. The second kappa shape index (κ2) is 11.1. The number of nitrogens with zero attached hydrogens (tertiary/aromatic N) is 3. The van der Waals surface area contributed by atoms with Crippen molar-refractivity contribution in [2.75, 3.05) is 27.2 Å². The molecule has 0 spiro atoms. The molecule has 1 aromatic heterocycles. The van der Waals surface area contributed by atoms with Crippen LogP contribution in [0.15, 0.2) is 77.8 Å². The number of amides is 1. The summed E-state index contributed by atoms with van der Waals surface area (Å²) in [6.07, 6.45) is 1.70. The van der Waals surface area contributed by atoms with Crippen molar-refractivity contribution in [1.29, 1.82) is 0 Å². The number of carbonyl (C=O) groups excluding carboxylic acids is 1. The normalized spacial score (nSPS) is 15.0. The number of hydroxylamine groups is 2. The van der Waals surface area contributed by atoms with Crippen molar-refractivity contribution in [2.24, 2.45) is 4.99 Å². The Kier molecular flexibility index (Phi) is 7.44. The van der Waals surface area contributed by atoms with Gasteiger partial charge in [-0.2, -0.15) is 0 Å². The Morgan fingerprint density at radius 1 is 0.974 bits per heavy atom. The molecule has 0 saturated carbocycles. The summed E-state index contributed by atoms with van der Waals surface area (Å²) in [7, 11) is 3.59. The molecule has 9 nitrogen and oxygen atoms in total. The molecule has 1 aliphatic heterocycles. The van der Waals surface area contributed by atoms with Gasteiger partial charge < -0.3 is 20.1 Å². The summed E-state index contributed by atoms with van der Waals surface area (Å²) >= 11 is 0. The second-order valence-electron chi connectivity index (χ2n) is 9.64. The fourth-order valence-corrected chi connectivity index (χ4v) is 4.98. The Labute approximate surface area is 225 Å². The highest BCUT2D eigenvalue weighted by molar-refractivity contribution is 6.22. The third-order valence-corrected chi connectivity index (χ3v) is 7.08. The first-order chi connectivity index (χ1) is 18.9. The number of hydrogen-bond acceptors (Lipinski definition) is 6. The first-order valence-corrected chi connectivity index (χ1v) is 12.7. The van der Waals surface area contributed by atoms with Crippen LogP contribution in [0.1, 0.15) is 44.7 Å². The molecule has 0 radical (unpaired) electrons. The van der Waals surface area contributed by atoms with E-state index in [1.807, 2.05) is 30.3 Å². The van der Waals surface area contributed by atoms with Crippen molar-refractivity contribution in [3.05, 3.63) is 95.1 Å². The quantitative estimate of drug-likeness (QED) is 0.234. The lowest BCUT2D eigenvalue weighted by atomic mass is 10.00. The van der Waals surface area contributed by atoms with E-state index < -0.39 is 5.97 Å². The van der Waals surface area contributed by atoms with E-state index in [-0.39, 0.29) is 23.4 Å². The molecule has 0 unspecified atom stereocenters. The summed E-state index contributed by atoms with van der Waals surface area (Å²) in [5.74, 6) is -1.37. The average Bonchev–Trinajstić information content (AvgIpc) is 3.28. The van der Waals surface area contributed by atoms with Crippen LogP contribution in [0, 0.1) is 0 Å². The number of benzene rings is 3. The number of aromatic nitrogens is 1. The Hall–Kier alpha value is -4.47. The molecule has 2 heterocycles. The zero-order valence-electron chi connectivity index (χ0n) is 21.8. The van der Waals surface area contributed by atoms with Gasteiger partial charge in [-0.1, -0.05) is 36.4 Å². The van der Waals surface area contributed by atoms with E-state index >= 15 is 0 Å². The largest absolute Gasteiger partial charge is 0.494 e. The molecule has 200 valence electrons. The SMILES string of the molecule is CON(C(=O)c1ccc(N=C(c2ccccc2)c2c(O)[nH]c3cc(C(=O)O)ccc23)cc1)C1CCN(C)CC1. The maximum Gasteiger partial charge on any atom is 0.335 e. The second-order valence-corrected chi connectivity index (χ2v) is 9.64. The van der Waals surface area contributed by atoms with Gasteiger partial charge in [0, 0.05) is 22.0 Å². The maximum atomic E-state index is 13.2. The minimum absolute atomic E-state index is 0.0209. The number of rotatable bonds is 7. The lowest BCUT2D eigenvalue weighted by Gasteiger charge is -2.35. The number of likely N-dealkylation sites (tertiary alicyclic amines) is 1. The highest BCUT2D eigenvalue weighted by Gasteiger charge is 2.28. The highest BCUT2D eigenvalue weighted by Crippen LogP contribution is 2.32. The maximum absolute atomic E-state index is 13.2. The van der Waals surface area contributed by atoms with Crippen LogP contribution >= 0.6 is 0 Å². The number of aliphatic imine (C=N–C) groups is 1. The van der Waals surface area contributed by atoms with Gasteiger partial charge in [-0.15, -0.1) is 0 Å². The Bertz CT molecular complexity index is 1520. The lowest BCUT2D eigenvalue weighted by Crippen LogP contribution is -2.46. The molecular formula is C30H30N4O5. The van der Waals surface area contributed by atoms with Gasteiger partial charge in [0.25, 0.3) is 5.91 Å². The molecule has 4 aromatic rings. The van der Waals surface area contributed by atoms with E-state index in [0.29, 0.717) is 33.4 Å². The lowest BCUT2D eigenvalue weighted by molar-refractivity contribution is -0.132. The Morgan fingerprint density at radius 2 is 1.64 bits per heavy atom. The van der Waals surface area contributed by atoms with Crippen LogP contribution in [0.4, 0.5) is 5.69 Å². The summed E-state index contributed by atoms with van der Waals surface area (Å²) in [6.45, 7) is 1.82. The standard InChI is InChI=1S/C30H30N4O5/c1-33-16-14-23(15-17-33)34(39-2)29(36)20-8-11-22(12-9-20)31-27(19-6-4-3-5-7-19)26-24-13-10-21(30(37)38)18-25(24)32-28(26)35/h3-13,18,23,32,35H,14-17H2,1-2H3,(H,37,38). The zero-order valence-corrected chi connectivity index (χ0v) is 21.8. The van der Waals surface area contributed by atoms with Gasteiger partial charge in [-0.3, -0.25) is 9.63 Å². The molecule has 0 bridgehead atoms. The molecule has 1 aliphatic rings. The summed E-state index contributed by atoms with van der Waals surface area (Å²) in [5, 5.41) is 22.3. The molecule has 3 N–H and O–H groups in total. The van der Waals surface area contributed by atoms with E-state index in [0.717, 1.165) is 31.5 Å². The van der Waals surface area contributed by atoms with Gasteiger partial charge >= 0.3 is 5.97 Å². The number of H-pyrrole nitrogens is 1. The summed E-state index contributed by atoms with van der Waals surface area (Å²) in [4.78, 5) is 40.1. The molecule has 1 saturated heterocycles. The van der Waals surface area contributed by atoms with Gasteiger partial charge in [0.15, 0.2) is 5.88 Å². The van der Waals surface area contributed by atoms with Crippen molar-refractivity contribution in [3.63, 3.8) is 0 Å². The van der Waals surface area contributed by atoms with Crippen LogP contribution in [-0.4, -0.2) is 76.0 Å². The van der Waals surface area contributed by atoms with E-state index in [2.05, 4.69) is 16.9 Å². The number of carboxylic acid groups (broad SMARTS) is 1. The first-order valence-electron chi connectivity index (χ1n) is 12.7. The van der Waals surface area contributed by atoms with Gasteiger partial charge in [-0.05, 0) is 69.4 Å². The minimum atomic E-state index is -1.05. The highest BCUT2D eigenvalue weighted by atomic mass is 16.7.